The molecule has 1 unspecified atom stereocenters. The lowest BCUT2D eigenvalue weighted by molar-refractivity contribution is 0.264. The zero-order chi connectivity index (χ0) is 11.9. The third-order valence-electron chi connectivity index (χ3n) is 3.77. The molecule has 3 rings (SSSR count). The van der Waals surface area contributed by atoms with Gasteiger partial charge in [0.05, 0.1) is 11.1 Å². The summed E-state index contributed by atoms with van der Waals surface area (Å²) in [6, 6.07) is 4.04. The Labute approximate surface area is 101 Å². The fraction of sp³-hybridized carbons (Fsp3) is 0.538. The van der Waals surface area contributed by atoms with Crippen molar-refractivity contribution in [1.82, 2.24) is 19.9 Å². The van der Waals surface area contributed by atoms with Crippen LogP contribution < -0.4 is 5.32 Å². The van der Waals surface area contributed by atoms with E-state index in [4.69, 9.17) is 4.98 Å². The Morgan fingerprint density at radius 2 is 2.29 bits per heavy atom. The number of aromatic nitrogens is 3. The highest BCUT2D eigenvalue weighted by atomic mass is 15.2. The van der Waals surface area contributed by atoms with Gasteiger partial charge in [-0.25, -0.2) is 9.97 Å². The predicted molar refractivity (Wildman–Crippen MR) is 67.7 cm³/mol. The molecule has 3 heterocycles. The van der Waals surface area contributed by atoms with Crippen molar-refractivity contribution in [3.8, 4) is 0 Å². The summed E-state index contributed by atoms with van der Waals surface area (Å²) in [4.78, 5) is 9.03. The van der Waals surface area contributed by atoms with Crippen molar-refractivity contribution in [3.05, 3.63) is 24.2 Å². The molecule has 0 radical (unpaired) electrons. The first-order chi connectivity index (χ1) is 8.21. The van der Waals surface area contributed by atoms with E-state index in [9.17, 15) is 0 Å². The number of pyridine rings is 1. The second-order valence-electron chi connectivity index (χ2n) is 5.06. The number of nitrogens with zero attached hydrogens (tertiary/aromatic N) is 3. The largest absolute Gasteiger partial charge is 0.328 e. The standard InChI is InChI=1S/C13H18N4/c1-13(7-3-4-9-15-13)12-16-11-10(17(12)2)6-5-8-14-11/h5-6,8,15H,3-4,7,9H2,1-2H3. The summed E-state index contributed by atoms with van der Waals surface area (Å²) in [5.41, 5.74) is 1.95. The summed E-state index contributed by atoms with van der Waals surface area (Å²) < 4.78 is 2.17. The Morgan fingerprint density at radius 1 is 1.41 bits per heavy atom. The van der Waals surface area contributed by atoms with E-state index in [-0.39, 0.29) is 5.54 Å². The van der Waals surface area contributed by atoms with Gasteiger partial charge in [0.15, 0.2) is 5.65 Å². The molecule has 17 heavy (non-hydrogen) atoms. The molecule has 4 nitrogen and oxygen atoms in total. The van der Waals surface area contributed by atoms with Crippen LogP contribution in [-0.2, 0) is 12.6 Å². The van der Waals surface area contributed by atoms with Crippen LogP contribution in [0.15, 0.2) is 18.3 Å². The van der Waals surface area contributed by atoms with E-state index >= 15 is 0 Å². The van der Waals surface area contributed by atoms with E-state index in [1.807, 2.05) is 6.07 Å². The minimum atomic E-state index is -0.00625. The fourth-order valence-corrected chi connectivity index (χ4v) is 2.77. The first-order valence-electron chi connectivity index (χ1n) is 6.24. The van der Waals surface area contributed by atoms with Gasteiger partial charge >= 0.3 is 0 Å². The average molecular weight is 230 g/mol. The van der Waals surface area contributed by atoms with Gasteiger partial charge in [-0.2, -0.15) is 0 Å². The molecule has 2 aromatic heterocycles. The van der Waals surface area contributed by atoms with Crippen LogP contribution in [0.4, 0.5) is 0 Å². The van der Waals surface area contributed by atoms with Crippen molar-refractivity contribution in [1.29, 1.82) is 0 Å². The normalized spacial score (nSPS) is 25.3. The molecule has 4 heteroatoms. The van der Waals surface area contributed by atoms with Crippen LogP contribution in [0, 0.1) is 0 Å². The van der Waals surface area contributed by atoms with Crippen molar-refractivity contribution in [3.63, 3.8) is 0 Å². The van der Waals surface area contributed by atoms with Gasteiger partial charge in [-0.1, -0.05) is 0 Å². The monoisotopic (exact) mass is 230 g/mol. The fourth-order valence-electron chi connectivity index (χ4n) is 2.77. The Balaban J connectivity index is 2.13. The minimum absolute atomic E-state index is 0.00625. The summed E-state index contributed by atoms with van der Waals surface area (Å²) >= 11 is 0. The number of hydrogen-bond donors (Lipinski definition) is 1. The second-order valence-corrected chi connectivity index (χ2v) is 5.06. The third-order valence-corrected chi connectivity index (χ3v) is 3.77. The predicted octanol–water partition coefficient (Wildman–Crippen LogP) is 1.96. The average Bonchev–Trinajstić information content (AvgIpc) is 2.69. The quantitative estimate of drug-likeness (QED) is 0.814. The number of rotatable bonds is 1. The van der Waals surface area contributed by atoms with Gasteiger partial charge in [0.1, 0.15) is 5.82 Å². The van der Waals surface area contributed by atoms with E-state index in [1.165, 1.54) is 12.8 Å². The van der Waals surface area contributed by atoms with Gasteiger partial charge < -0.3 is 9.88 Å². The lowest BCUT2D eigenvalue weighted by Gasteiger charge is -2.34. The van der Waals surface area contributed by atoms with Gasteiger partial charge in [0.25, 0.3) is 0 Å². The number of fused-ring (bicyclic) bond motifs is 1. The third kappa shape index (κ3) is 1.63. The van der Waals surface area contributed by atoms with Gasteiger partial charge in [0.2, 0.25) is 0 Å². The number of nitrogens with one attached hydrogen (secondary N) is 1. The summed E-state index contributed by atoms with van der Waals surface area (Å²) in [6.07, 6.45) is 5.47. The Kier molecular flexibility index (Phi) is 2.40. The molecule has 0 saturated carbocycles. The number of piperidine rings is 1. The van der Waals surface area contributed by atoms with Crippen molar-refractivity contribution in [2.45, 2.75) is 31.7 Å². The van der Waals surface area contributed by atoms with E-state index < -0.39 is 0 Å². The molecule has 1 fully saturated rings. The van der Waals surface area contributed by atoms with E-state index in [1.54, 1.807) is 6.20 Å². The first-order valence-corrected chi connectivity index (χ1v) is 6.24. The van der Waals surface area contributed by atoms with Gasteiger partial charge in [0, 0.05) is 13.2 Å². The maximum absolute atomic E-state index is 4.70. The SMILES string of the molecule is Cn1c(C2(C)CCCCN2)nc2ncccc21. The molecule has 1 aliphatic rings. The van der Waals surface area contributed by atoms with Crippen molar-refractivity contribution in [2.75, 3.05) is 6.54 Å². The van der Waals surface area contributed by atoms with Crippen LogP contribution >= 0.6 is 0 Å². The molecule has 2 aromatic rings. The topological polar surface area (TPSA) is 42.7 Å². The van der Waals surface area contributed by atoms with Crippen LogP contribution in [-0.4, -0.2) is 21.1 Å². The highest BCUT2D eigenvalue weighted by Gasteiger charge is 2.32. The minimum Gasteiger partial charge on any atom is -0.328 e. The van der Waals surface area contributed by atoms with Crippen LogP contribution in [0.2, 0.25) is 0 Å². The lowest BCUT2D eigenvalue weighted by Crippen LogP contribution is -2.45. The van der Waals surface area contributed by atoms with Crippen LogP contribution in [0.3, 0.4) is 0 Å². The van der Waals surface area contributed by atoms with Crippen molar-refractivity contribution < 1.29 is 0 Å². The molecule has 1 atom stereocenters. The van der Waals surface area contributed by atoms with E-state index in [2.05, 4.69) is 34.9 Å². The van der Waals surface area contributed by atoms with E-state index in [0.717, 1.165) is 30.0 Å². The maximum Gasteiger partial charge on any atom is 0.177 e. The Bertz CT molecular complexity index is 537. The van der Waals surface area contributed by atoms with Gasteiger partial charge in [-0.15, -0.1) is 0 Å². The molecule has 1 aliphatic heterocycles. The second kappa shape index (κ2) is 3.81. The van der Waals surface area contributed by atoms with Crippen LogP contribution in [0.5, 0.6) is 0 Å². The number of aryl methyl sites for hydroxylation is 1. The molecule has 0 aliphatic carbocycles. The van der Waals surface area contributed by atoms with Crippen LogP contribution in [0.25, 0.3) is 11.2 Å². The van der Waals surface area contributed by atoms with Gasteiger partial charge in [-0.3, -0.25) is 0 Å². The van der Waals surface area contributed by atoms with Crippen molar-refractivity contribution in [2.24, 2.45) is 7.05 Å². The summed E-state index contributed by atoms with van der Waals surface area (Å²) in [5.74, 6) is 1.10. The molecule has 0 amide bonds. The highest BCUT2D eigenvalue weighted by molar-refractivity contribution is 5.71. The number of imidazole rings is 1. The van der Waals surface area contributed by atoms with Crippen molar-refractivity contribution >= 4 is 11.2 Å². The molecular weight excluding hydrogens is 212 g/mol. The maximum atomic E-state index is 4.70. The smallest absolute Gasteiger partial charge is 0.177 e. The summed E-state index contributed by atoms with van der Waals surface area (Å²) in [7, 11) is 2.08. The zero-order valence-electron chi connectivity index (χ0n) is 10.4. The molecule has 1 saturated heterocycles. The molecular formula is C13H18N4. The Morgan fingerprint density at radius 3 is 3.00 bits per heavy atom. The highest BCUT2D eigenvalue weighted by Crippen LogP contribution is 2.30. The first kappa shape index (κ1) is 10.7. The summed E-state index contributed by atoms with van der Waals surface area (Å²) in [5, 5.41) is 3.60. The summed E-state index contributed by atoms with van der Waals surface area (Å²) in [6.45, 7) is 3.32. The molecule has 1 N–H and O–H groups in total. The molecule has 0 bridgehead atoms. The Hall–Kier alpha value is -1.42. The zero-order valence-corrected chi connectivity index (χ0v) is 10.4. The molecule has 0 aromatic carbocycles. The van der Waals surface area contributed by atoms with E-state index in [0.29, 0.717) is 0 Å². The number of hydrogen-bond acceptors (Lipinski definition) is 3. The van der Waals surface area contributed by atoms with Crippen LogP contribution in [0.1, 0.15) is 32.0 Å². The molecule has 90 valence electrons. The lowest BCUT2D eigenvalue weighted by atomic mass is 9.90. The molecule has 0 spiro atoms. The van der Waals surface area contributed by atoms with Gasteiger partial charge in [-0.05, 0) is 44.9 Å².